The Morgan fingerprint density at radius 3 is 2.19 bits per heavy atom. The predicted molar refractivity (Wildman–Crippen MR) is 120 cm³/mol. The normalized spacial score (nSPS) is 19.8. The van der Waals surface area contributed by atoms with Gasteiger partial charge in [-0.3, -0.25) is 14.4 Å². The van der Waals surface area contributed by atoms with Gasteiger partial charge in [-0.2, -0.15) is 12.7 Å². The Hall–Kier alpha value is -1.76. The number of nitrogens with zero attached hydrogens (tertiary/aromatic N) is 2. The molecule has 0 aliphatic carbocycles. The van der Waals surface area contributed by atoms with Crippen molar-refractivity contribution in [2.75, 3.05) is 20.6 Å². The molecule has 0 radical (unpaired) electrons. The Morgan fingerprint density at radius 2 is 1.69 bits per heavy atom. The van der Waals surface area contributed by atoms with Gasteiger partial charge in [-0.1, -0.05) is 27.7 Å². The molecule has 0 aromatic rings. The molecule has 11 nitrogen and oxygen atoms in total. The maximum Gasteiger partial charge on any atom is 0.303 e. The quantitative estimate of drug-likeness (QED) is 0.302. The lowest BCUT2D eigenvalue weighted by Gasteiger charge is -2.30. The van der Waals surface area contributed by atoms with Crippen LogP contribution in [-0.4, -0.2) is 85.3 Å². The highest BCUT2D eigenvalue weighted by atomic mass is 32.2. The number of likely N-dealkylation sites (tertiary alicyclic amines) is 1. The minimum Gasteiger partial charge on any atom is -0.382 e. The van der Waals surface area contributed by atoms with Gasteiger partial charge in [-0.05, 0) is 37.5 Å². The lowest BCUT2D eigenvalue weighted by molar-refractivity contribution is -0.146. The number of amides is 3. The van der Waals surface area contributed by atoms with Crippen LogP contribution < -0.4 is 15.8 Å². The van der Waals surface area contributed by atoms with Crippen molar-refractivity contribution in [3.63, 3.8) is 0 Å². The van der Waals surface area contributed by atoms with Crippen LogP contribution in [0.1, 0.15) is 53.4 Å². The lowest BCUT2D eigenvalue weighted by atomic mass is 9.99. The second-order valence-corrected chi connectivity index (χ2v) is 11.3. The molecule has 4 atom stereocenters. The first-order chi connectivity index (χ1) is 14.7. The van der Waals surface area contributed by atoms with E-state index in [9.17, 15) is 27.9 Å². The Bertz CT molecular complexity index is 770. The SMILES string of the molecule is CC(C)C[C@H](NC(=O)[C@@H]1CCCN1C(=O)[C@@H](O)[C@H](N)CC(C)C)C(=O)NS(=O)(=O)N(C)C. The molecule has 1 heterocycles. The van der Waals surface area contributed by atoms with Gasteiger partial charge >= 0.3 is 10.2 Å². The zero-order valence-corrected chi connectivity index (χ0v) is 20.7. The number of nitrogens with two attached hydrogens (primary N) is 1. The first-order valence-corrected chi connectivity index (χ1v) is 12.4. The summed E-state index contributed by atoms with van der Waals surface area (Å²) in [6.45, 7) is 7.83. The van der Waals surface area contributed by atoms with Crippen molar-refractivity contribution in [3.8, 4) is 0 Å². The molecule has 1 aliphatic rings. The second kappa shape index (κ2) is 11.9. The average molecular weight is 478 g/mol. The van der Waals surface area contributed by atoms with E-state index in [1.54, 1.807) is 0 Å². The van der Waals surface area contributed by atoms with Crippen LogP contribution in [0.15, 0.2) is 0 Å². The maximum absolute atomic E-state index is 13.0. The number of aliphatic hydroxyl groups excluding tert-OH is 1. The molecule has 186 valence electrons. The van der Waals surface area contributed by atoms with Gasteiger partial charge < -0.3 is 21.1 Å². The molecule has 3 amide bonds. The van der Waals surface area contributed by atoms with Crippen molar-refractivity contribution in [2.24, 2.45) is 17.6 Å². The summed E-state index contributed by atoms with van der Waals surface area (Å²) in [6.07, 6.45) is 0.171. The summed E-state index contributed by atoms with van der Waals surface area (Å²) < 4.78 is 26.8. The third-order valence-corrected chi connectivity index (χ3v) is 6.71. The van der Waals surface area contributed by atoms with E-state index in [1.807, 2.05) is 32.4 Å². The summed E-state index contributed by atoms with van der Waals surface area (Å²) in [6, 6.07) is -2.71. The minimum absolute atomic E-state index is 0.00900. The van der Waals surface area contributed by atoms with E-state index in [2.05, 4.69) is 5.32 Å². The Morgan fingerprint density at radius 1 is 1.12 bits per heavy atom. The summed E-state index contributed by atoms with van der Waals surface area (Å²) in [5.41, 5.74) is 5.95. The standard InChI is InChI=1S/C20H39N5O6S/c1-12(2)10-14(21)17(26)20(29)25-9-7-8-16(25)19(28)22-15(11-13(3)4)18(27)23-32(30,31)24(5)6/h12-17,26H,7-11,21H2,1-6H3,(H,22,28)(H,23,27)/t14-,15+,16+,17+/m1/s1. The van der Waals surface area contributed by atoms with E-state index in [0.29, 0.717) is 25.8 Å². The van der Waals surface area contributed by atoms with Crippen LogP contribution in [0.4, 0.5) is 0 Å². The van der Waals surface area contributed by atoms with Crippen LogP contribution in [0.3, 0.4) is 0 Å². The number of carbonyl (C=O) groups excluding carboxylic acids is 3. The van der Waals surface area contributed by atoms with Crippen LogP contribution in [0.2, 0.25) is 0 Å². The van der Waals surface area contributed by atoms with Gasteiger partial charge in [0.25, 0.3) is 11.8 Å². The van der Waals surface area contributed by atoms with Crippen molar-refractivity contribution in [2.45, 2.75) is 77.6 Å². The van der Waals surface area contributed by atoms with Gasteiger partial charge in [0.15, 0.2) is 0 Å². The van der Waals surface area contributed by atoms with Gasteiger partial charge in [0.2, 0.25) is 5.91 Å². The molecule has 1 aliphatic heterocycles. The van der Waals surface area contributed by atoms with Gasteiger partial charge in [-0.25, -0.2) is 4.72 Å². The molecule has 32 heavy (non-hydrogen) atoms. The topological polar surface area (TPSA) is 162 Å². The van der Waals surface area contributed by atoms with E-state index in [1.165, 1.54) is 19.0 Å². The van der Waals surface area contributed by atoms with Crippen molar-refractivity contribution in [3.05, 3.63) is 0 Å². The molecule has 12 heteroatoms. The van der Waals surface area contributed by atoms with Gasteiger partial charge in [0.05, 0.1) is 0 Å². The third kappa shape index (κ3) is 7.98. The first-order valence-electron chi connectivity index (χ1n) is 11.0. The molecule has 1 saturated heterocycles. The molecule has 5 N–H and O–H groups in total. The van der Waals surface area contributed by atoms with Crippen LogP contribution in [-0.2, 0) is 24.6 Å². The van der Waals surface area contributed by atoms with Crippen LogP contribution in [0, 0.1) is 11.8 Å². The van der Waals surface area contributed by atoms with E-state index in [4.69, 9.17) is 5.73 Å². The third-order valence-electron chi connectivity index (χ3n) is 5.29. The summed E-state index contributed by atoms with van der Waals surface area (Å²) in [4.78, 5) is 39.7. The minimum atomic E-state index is -4.02. The predicted octanol–water partition coefficient (Wildman–Crippen LogP) is -0.835. The van der Waals surface area contributed by atoms with E-state index in [-0.39, 0.29) is 18.3 Å². The Kier molecular flexibility index (Phi) is 10.5. The number of nitrogens with one attached hydrogen (secondary N) is 2. The molecule has 1 rings (SSSR count). The smallest absolute Gasteiger partial charge is 0.303 e. The monoisotopic (exact) mass is 477 g/mol. The zero-order valence-electron chi connectivity index (χ0n) is 19.9. The summed E-state index contributed by atoms with van der Waals surface area (Å²) >= 11 is 0. The van der Waals surface area contributed by atoms with E-state index < -0.39 is 52.2 Å². The van der Waals surface area contributed by atoms with E-state index in [0.717, 1.165) is 4.31 Å². The molecule has 0 aromatic carbocycles. The van der Waals surface area contributed by atoms with Crippen LogP contribution in [0.25, 0.3) is 0 Å². The number of carbonyl (C=O) groups is 3. The van der Waals surface area contributed by atoms with Crippen LogP contribution in [0.5, 0.6) is 0 Å². The molecule has 0 aromatic heterocycles. The largest absolute Gasteiger partial charge is 0.382 e. The van der Waals surface area contributed by atoms with E-state index >= 15 is 0 Å². The average Bonchev–Trinajstić information content (AvgIpc) is 3.14. The van der Waals surface area contributed by atoms with Crippen LogP contribution >= 0.6 is 0 Å². The lowest BCUT2D eigenvalue weighted by Crippen LogP contribution is -2.57. The second-order valence-electron chi connectivity index (χ2n) is 9.37. The first kappa shape index (κ1) is 28.3. The Labute approximate surface area is 191 Å². The molecule has 0 saturated carbocycles. The van der Waals surface area contributed by atoms with Gasteiger partial charge in [-0.15, -0.1) is 0 Å². The fraction of sp³-hybridized carbons (Fsp3) is 0.850. The number of hydrogen-bond donors (Lipinski definition) is 4. The fourth-order valence-electron chi connectivity index (χ4n) is 3.59. The molecule has 0 spiro atoms. The molecular formula is C20H39N5O6S. The van der Waals surface area contributed by atoms with Gasteiger partial charge in [0.1, 0.15) is 18.2 Å². The highest BCUT2D eigenvalue weighted by Gasteiger charge is 2.39. The van der Waals surface area contributed by atoms with Crippen molar-refractivity contribution in [1.82, 2.24) is 19.2 Å². The summed E-state index contributed by atoms with van der Waals surface area (Å²) in [5.74, 6) is -1.85. The molecular weight excluding hydrogens is 438 g/mol. The fourth-order valence-corrected chi connectivity index (χ4v) is 4.17. The molecule has 1 fully saturated rings. The summed E-state index contributed by atoms with van der Waals surface area (Å²) in [5, 5.41) is 13.0. The molecule has 0 unspecified atom stereocenters. The van der Waals surface area contributed by atoms with Crippen molar-refractivity contribution < 1.29 is 27.9 Å². The number of hydrogen-bond acceptors (Lipinski definition) is 7. The maximum atomic E-state index is 13.0. The number of rotatable bonds is 11. The highest BCUT2D eigenvalue weighted by Crippen LogP contribution is 2.21. The highest BCUT2D eigenvalue weighted by molar-refractivity contribution is 7.87. The van der Waals surface area contributed by atoms with Crippen molar-refractivity contribution in [1.29, 1.82) is 0 Å². The molecule has 0 bridgehead atoms. The van der Waals surface area contributed by atoms with Crippen molar-refractivity contribution >= 4 is 27.9 Å². The summed E-state index contributed by atoms with van der Waals surface area (Å²) in [7, 11) is -1.46. The van der Waals surface area contributed by atoms with Gasteiger partial charge in [0, 0.05) is 26.7 Å². The Balaban J connectivity index is 2.94. The zero-order chi connectivity index (χ0) is 24.8. The number of aliphatic hydroxyl groups is 1.